The summed E-state index contributed by atoms with van der Waals surface area (Å²) < 4.78 is 21.5. The molecule has 1 aromatic carbocycles. The largest absolute Gasteiger partial charge is 0.493 e. The highest BCUT2D eigenvalue weighted by atomic mass is 19.1. The van der Waals surface area contributed by atoms with E-state index in [4.69, 9.17) is 10.5 Å². The van der Waals surface area contributed by atoms with Crippen molar-refractivity contribution in [2.24, 2.45) is 5.92 Å². The number of aromatic nitrogens is 4. The van der Waals surface area contributed by atoms with Gasteiger partial charge in [0.05, 0.1) is 6.61 Å². The Kier molecular flexibility index (Phi) is 4.95. The van der Waals surface area contributed by atoms with Crippen LogP contribution in [0.2, 0.25) is 0 Å². The van der Waals surface area contributed by atoms with Crippen molar-refractivity contribution in [1.29, 1.82) is 0 Å². The van der Waals surface area contributed by atoms with Gasteiger partial charge < -0.3 is 20.4 Å². The topological polar surface area (TPSA) is 108 Å². The van der Waals surface area contributed by atoms with E-state index in [2.05, 4.69) is 39.3 Å². The first-order valence-electron chi connectivity index (χ1n) is 10.7. The van der Waals surface area contributed by atoms with Gasteiger partial charge in [-0.2, -0.15) is 14.4 Å². The Morgan fingerprint density at radius 1 is 1.32 bits per heavy atom. The van der Waals surface area contributed by atoms with Crippen molar-refractivity contribution in [3.8, 4) is 5.75 Å². The molecule has 162 valence electrons. The molecule has 1 aliphatic carbocycles. The van der Waals surface area contributed by atoms with E-state index in [1.807, 2.05) is 4.57 Å². The molecule has 0 saturated heterocycles. The lowest BCUT2D eigenvalue weighted by Gasteiger charge is -2.12. The third kappa shape index (κ3) is 3.92. The Bertz CT molecular complexity index is 1170. The summed E-state index contributed by atoms with van der Waals surface area (Å²) in [6.07, 6.45) is 3.21. The Morgan fingerprint density at radius 2 is 2.16 bits per heavy atom. The van der Waals surface area contributed by atoms with Gasteiger partial charge in [0.1, 0.15) is 11.6 Å². The van der Waals surface area contributed by atoms with Gasteiger partial charge in [0, 0.05) is 31.8 Å². The highest BCUT2D eigenvalue weighted by Gasteiger charge is 2.29. The van der Waals surface area contributed by atoms with E-state index in [0.717, 1.165) is 42.0 Å². The number of nitrogen functional groups attached to an aromatic ring is 1. The summed E-state index contributed by atoms with van der Waals surface area (Å²) in [5.41, 5.74) is 10.2. The van der Waals surface area contributed by atoms with E-state index in [1.54, 1.807) is 0 Å². The number of amides is 1. The molecule has 8 nitrogen and oxygen atoms in total. The minimum atomic E-state index is -0.873. The first kappa shape index (κ1) is 19.7. The van der Waals surface area contributed by atoms with E-state index in [0.29, 0.717) is 43.7 Å². The number of carbonyl (C=O) groups is 1. The summed E-state index contributed by atoms with van der Waals surface area (Å²) in [5, 5.41) is 2.96. The standard InChI is InChI=1S/C22H25FN6O2/c1-12-9-14-5-8-31-16(14)10-15(12)11-17-26-18-19(24)27-22(23)28-20(18)29(17)7-2-6-25-21(30)13-3-4-13/h9-10,13H,2-8,11H2,1H3,(H,25,30)(H2,24,27,28). The first-order chi connectivity index (χ1) is 15.0. The average molecular weight is 424 g/mol. The summed E-state index contributed by atoms with van der Waals surface area (Å²) in [5.74, 6) is 1.96. The van der Waals surface area contributed by atoms with Gasteiger partial charge in [0.15, 0.2) is 17.0 Å². The number of fused-ring (bicyclic) bond motifs is 2. The molecule has 5 rings (SSSR count). The van der Waals surface area contributed by atoms with Crippen LogP contribution in [0.25, 0.3) is 11.2 Å². The normalized spacial score (nSPS) is 15.2. The van der Waals surface area contributed by atoms with Crippen LogP contribution in [0.15, 0.2) is 12.1 Å². The molecule has 0 spiro atoms. The number of nitrogens with two attached hydrogens (primary N) is 1. The maximum absolute atomic E-state index is 13.9. The SMILES string of the molecule is Cc1cc2c(cc1Cc1nc3c(N)nc(F)nc3n1CCCNC(=O)C1CC1)OCC2. The van der Waals surface area contributed by atoms with Crippen LogP contribution in [-0.2, 0) is 24.2 Å². The molecule has 2 aliphatic rings. The summed E-state index contributed by atoms with van der Waals surface area (Å²) >= 11 is 0. The molecule has 1 saturated carbocycles. The lowest BCUT2D eigenvalue weighted by atomic mass is 10.0. The van der Waals surface area contributed by atoms with Gasteiger partial charge in [-0.15, -0.1) is 0 Å². The molecule has 1 fully saturated rings. The van der Waals surface area contributed by atoms with Crippen LogP contribution < -0.4 is 15.8 Å². The Balaban J connectivity index is 1.43. The number of imidazole rings is 1. The Hall–Kier alpha value is -3.23. The number of ether oxygens (including phenoxy) is 1. The van der Waals surface area contributed by atoms with Crippen molar-refractivity contribution in [3.63, 3.8) is 0 Å². The number of rotatable bonds is 7. The molecular weight excluding hydrogens is 399 g/mol. The fourth-order valence-corrected chi connectivity index (χ4v) is 4.10. The predicted octanol–water partition coefficient (Wildman–Crippen LogP) is 2.30. The Labute approximate surface area is 179 Å². The third-order valence-electron chi connectivity index (χ3n) is 5.98. The van der Waals surface area contributed by atoms with E-state index in [1.165, 1.54) is 5.56 Å². The van der Waals surface area contributed by atoms with Gasteiger partial charge >= 0.3 is 6.08 Å². The molecule has 2 aromatic heterocycles. The number of hydrogen-bond donors (Lipinski definition) is 2. The predicted molar refractivity (Wildman–Crippen MR) is 113 cm³/mol. The van der Waals surface area contributed by atoms with Crippen LogP contribution in [0.4, 0.5) is 10.2 Å². The molecular formula is C22H25FN6O2. The molecule has 1 aliphatic heterocycles. The van der Waals surface area contributed by atoms with Crippen LogP contribution in [0.1, 0.15) is 41.8 Å². The molecule has 3 N–H and O–H groups in total. The highest BCUT2D eigenvalue weighted by molar-refractivity contribution is 5.82. The van der Waals surface area contributed by atoms with Crippen molar-refractivity contribution in [1.82, 2.24) is 24.8 Å². The van der Waals surface area contributed by atoms with Gasteiger partial charge in [0.25, 0.3) is 0 Å². The summed E-state index contributed by atoms with van der Waals surface area (Å²) in [6.45, 7) is 3.85. The molecule has 9 heteroatoms. The molecule has 1 amide bonds. The Morgan fingerprint density at radius 3 is 2.97 bits per heavy atom. The van der Waals surface area contributed by atoms with Crippen molar-refractivity contribution in [2.45, 2.75) is 45.6 Å². The van der Waals surface area contributed by atoms with Crippen LogP contribution in [0, 0.1) is 18.9 Å². The minimum Gasteiger partial charge on any atom is -0.493 e. The summed E-state index contributed by atoms with van der Waals surface area (Å²) in [7, 11) is 0. The fraction of sp³-hybridized carbons (Fsp3) is 0.455. The zero-order valence-electron chi connectivity index (χ0n) is 17.4. The molecule has 31 heavy (non-hydrogen) atoms. The van der Waals surface area contributed by atoms with Crippen LogP contribution in [0.3, 0.4) is 0 Å². The number of nitrogens with one attached hydrogen (secondary N) is 1. The molecule has 0 bridgehead atoms. The van der Waals surface area contributed by atoms with Crippen molar-refractivity contribution >= 4 is 22.9 Å². The van der Waals surface area contributed by atoms with Crippen LogP contribution in [-0.4, -0.2) is 38.6 Å². The first-order valence-corrected chi connectivity index (χ1v) is 10.7. The van der Waals surface area contributed by atoms with Gasteiger partial charge in [-0.3, -0.25) is 4.79 Å². The lowest BCUT2D eigenvalue weighted by molar-refractivity contribution is -0.122. The van der Waals surface area contributed by atoms with Gasteiger partial charge in [-0.1, -0.05) is 6.07 Å². The van der Waals surface area contributed by atoms with Crippen LogP contribution >= 0.6 is 0 Å². The van der Waals surface area contributed by atoms with E-state index >= 15 is 0 Å². The lowest BCUT2D eigenvalue weighted by Crippen LogP contribution is -2.26. The fourth-order valence-electron chi connectivity index (χ4n) is 4.10. The van der Waals surface area contributed by atoms with Gasteiger partial charge in [-0.05, 0) is 48.9 Å². The highest BCUT2D eigenvalue weighted by Crippen LogP contribution is 2.31. The number of benzene rings is 1. The second kappa shape index (κ2) is 7.79. The quantitative estimate of drug-likeness (QED) is 0.445. The van der Waals surface area contributed by atoms with Crippen molar-refractivity contribution in [3.05, 3.63) is 40.7 Å². The van der Waals surface area contributed by atoms with E-state index in [9.17, 15) is 9.18 Å². The second-order valence-electron chi connectivity index (χ2n) is 8.31. The van der Waals surface area contributed by atoms with Gasteiger partial charge in [0.2, 0.25) is 5.91 Å². The monoisotopic (exact) mass is 424 g/mol. The minimum absolute atomic E-state index is 0.0264. The maximum atomic E-state index is 13.9. The number of nitrogens with zero attached hydrogens (tertiary/aromatic N) is 4. The van der Waals surface area contributed by atoms with E-state index < -0.39 is 6.08 Å². The second-order valence-corrected chi connectivity index (χ2v) is 8.31. The van der Waals surface area contributed by atoms with Crippen molar-refractivity contribution in [2.75, 3.05) is 18.9 Å². The smallest absolute Gasteiger partial charge is 0.312 e. The summed E-state index contributed by atoms with van der Waals surface area (Å²) in [6, 6.07) is 4.22. The number of carbonyl (C=O) groups excluding carboxylic acids is 1. The van der Waals surface area contributed by atoms with E-state index in [-0.39, 0.29) is 17.6 Å². The number of halogens is 1. The maximum Gasteiger partial charge on any atom is 0.312 e. The summed E-state index contributed by atoms with van der Waals surface area (Å²) in [4.78, 5) is 24.1. The average Bonchev–Trinajstić information content (AvgIpc) is 3.40. The molecule has 3 aromatic rings. The number of aryl methyl sites for hydroxylation is 2. The van der Waals surface area contributed by atoms with Crippen LogP contribution in [0.5, 0.6) is 5.75 Å². The number of anilines is 1. The number of hydrogen-bond acceptors (Lipinski definition) is 6. The van der Waals surface area contributed by atoms with Crippen molar-refractivity contribution < 1.29 is 13.9 Å². The molecule has 0 atom stereocenters. The molecule has 0 unspecified atom stereocenters. The molecule has 0 radical (unpaired) electrons. The third-order valence-corrected chi connectivity index (χ3v) is 5.98. The van der Waals surface area contributed by atoms with Gasteiger partial charge in [-0.25, -0.2) is 4.98 Å². The zero-order chi connectivity index (χ0) is 21.5. The molecule has 3 heterocycles. The zero-order valence-corrected chi connectivity index (χ0v) is 17.4.